The minimum atomic E-state index is -1.15. The van der Waals surface area contributed by atoms with Gasteiger partial charge in [0.25, 0.3) is 0 Å². The summed E-state index contributed by atoms with van der Waals surface area (Å²) in [5, 5.41) is 2.85. The Kier molecular flexibility index (Phi) is 2.54. The van der Waals surface area contributed by atoms with E-state index in [1.165, 1.54) is 0 Å². The van der Waals surface area contributed by atoms with Crippen LogP contribution >= 0.6 is 0 Å². The number of carbonyl (C=O) groups excluding carboxylic acids is 2. The Balaban J connectivity index is 2.72. The van der Waals surface area contributed by atoms with Crippen LogP contribution in [0.4, 0.5) is 0 Å². The van der Waals surface area contributed by atoms with E-state index in [9.17, 15) is 9.59 Å². The van der Waals surface area contributed by atoms with Gasteiger partial charge in [0.05, 0.1) is 0 Å². The molecule has 5 nitrogen and oxygen atoms in total. The van der Waals surface area contributed by atoms with Crippen LogP contribution in [0.25, 0.3) is 0 Å². The molecule has 14 heavy (non-hydrogen) atoms. The molecule has 0 bridgehead atoms. The third kappa shape index (κ3) is 1.87. The lowest BCUT2D eigenvalue weighted by Gasteiger charge is -2.38. The average molecular weight is 200 g/mol. The maximum absolute atomic E-state index is 11.6. The molecular formula is C9H16N2O3. The number of nitrogens with one attached hydrogen (secondary N) is 1. The Hall–Kier alpha value is -1.10. The van der Waals surface area contributed by atoms with E-state index >= 15 is 0 Å². The van der Waals surface area contributed by atoms with Gasteiger partial charge in [0.15, 0.2) is 5.41 Å². The number of hydrogen-bond donors (Lipinski definition) is 2. The second kappa shape index (κ2) is 3.24. The van der Waals surface area contributed by atoms with Crippen LogP contribution in [0.5, 0.6) is 0 Å². The minimum Gasteiger partial charge on any atom is -0.459 e. The molecular weight excluding hydrogens is 184 g/mol. The number of primary amides is 1. The van der Waals surface area contributed by atoms with E-state index in [0.717, 1.165) is 0 Å². The van der Waals surface area contributed by atoms with Gasteiger partial charge >= 0.3 is 5.97 Å². The van der Waals surface area contributed by atoms with Crippen molar-refractivity contribution in [3.8, 4) is 0 Å². The van der Waals surface area contributed by atoms with Gasteiger partial charge in [-0.1, -0.05) is 0 Å². The fraction of sp³-hybridized carbons (Fsp3) is 0.778. The van der Waals surface area contributed by atoms with Crippen molar-refractivity contribution in [2.75, 3.05) is 13.1 Å². The van der Waals surface area contributed by atoms with Crippen LogP contribution in [-0.2, 0) is 14.3 Å². The third-order valence-electron chi connectivity index (χ3n) is 2.11. The molecule has 3 N–H and O–H groups in total. The summed E-state index contributed by atoms with van der Waals surface area (Å²) in [6, 6.07) is 0. The highest BCUT2D eigenvalue weighted by Gasteiger charge is 2.52. The molecule has 1 aliphatic rings. The molecule has 80 valence electrons. The fourth-order valence-corrected chi connectivity index (χ4v) is 1.17. The van der Waals surface area contributed by atoms with Crippen molar-refractivity contribution in [2.45, 2.75) is 26.4 Å². The van der Waals surface area contributed by atoms with Crippen molar-refractivity contribution in [1.29, 1.82) is 0 Å². The summed E-state index contributed by atoms with van der Waals surface area (Å²) >= 11 is 0. The lowest BCUT2D eigenvalue weighted by atomic mass is 9.81. The summed E-state index contributed by atoms with van der Waals surface area (Å²) in [6.07, 6.45) is 0. The molecule has 0 unspecified atom stereocenters. The number of nitrogens with two attached hydrogens (primary N) is 1. The predicted molar refractivity (Wildman–Crippen MR) is 50.3 cm³/mol. The molecule has 0 radical (unpaired) electrons. The predicted octanol–water partition coefficient (Wildman–Crippen LogP) is -0.597. The largest absolute Gasteiger partial charge is 0.459 e. The normalized spacial score (nSPS) is 19.6. The summed E-state index contributed by atoms with van der Waals surface area (Å²) in [5.41, 5.74) is 3.44. The van der Waals surface area contributed by atoms with Crippen molar-refractivity contribution in [2.24, 2.45) is 11.1 Å². The quantitative estimate of drug-likeness (QED) is 0.461. The maximum atomic E-state index is 11.6. The zero-order valence-electron chi connectivity index (χ0n) is 8.72. The first-order chi connectivity index (χ1) is 6.28. The Morgan fingerprint density at radius 1 is 1.36 bits per heavy atom. The van der Waals surface area contributed by atoms with Gasteiger partial charge in [-0.25, -0.2) is 0 Å². The highest BCUT2D eigenvalue weighted by Crippen LogP contribution is 2.26. The minimum absolute atomic E-state index is 0.275. The van der Waals surface area contributed by atoms with E-state index in [1.807, 2.05) is 0 Å². The molecule has 1 rings (SSSR count). The fourth-order valence-electron chi connectivity index (χ4n) is 1.17. The van der Waals surface area contributed by atoms with Gasteiger partial charge in [-0.3, -0.25) is 9.59 Å². The molecule has 5 heteroatoms. The summed E-state index contributed by atoms with van der Waals surface area (Å²) < 4.78 is 5.13. The third-order valence-corrected chi connectivity index (χ3v) is 2.11. The first kappa shape index (κ1) is 11.0. The van der Waals surface area contributed by atoms with E-state index in [0.29, 0.717) is 0 Å². The molecule has 1 fully saturated rings. The topological polar surface area (TPSA) is 81.4 Å². The monoisotopic (exact) mass is 200 g/mol. The first-order valence-electron chi connectivity index (χ1n) is 4.52. The average Bonchev–Trinajstić information content (AvgIpc) is 1.76. The van der Waals surface area contributed by atoms with Crippen LogP contribution in [0.3, 0.4) is 0 Å². The molecule has 0 aromatic heterocycles. The Morgan fingerprint density at radius 3 is 2.07 bits per heavy atom. The van der Waals surface area contributed by atoms with Crippen molar-refractivity contribution in [3.63, 3.8) is 0 Å². The summed E-state index contributed by atoms with van der Waals surface area (Å²) in [7, 11) is 0. The molecule has 1 heterocycles. The number of rotatable bonds is 2. The Bertz CT molecular complexity index is 264. The zero-order chi connectivity index (χ0) is 11.0. The number of amides is 1. The van der Waals surface area contributed by atoms with Gasteiger partial charge in [-0.05, 0) is 20.8 Å². The van der Waals surface area contributed by atoms with Crippen LogP contribution in [0.2, 0.25) is 0 Å². The molecule has 0 saturated carbocycles. The van der Waals surface area contributed by atoms with E-state index in [2.05, 4.69) is 5.32 Å². The van der Waals surface area contributed by atoms with Crippen molar-refractivity contribution in [1.82, 2.24) is 5.32 Å². The number of ether oxygens (including phenoxy) is 1. The molecule has 1 saturated heterocycles. The van der Waals surface area contributed by atoms with Crippen LogP contribution in [0.1, 0.15) is 20.8 Å². The zero-order valence-corrected chi connectivity index (χ0v) is 8.72. The van der Waals surface area contributed by atoms with Crippen LogP contribution in [0.15, 0.2) is 0 Å². The SMILES string of the molecule is CC(C)(C)OC(=O)C1(C(N)=O)CNC1. The number of carbonyl (C=O) groups is 2. The lowest BCUT2D eigenvalue weighted by Crippen LogP contribution is -2.65. The first-order valence-corrected chi connectivity index (χ1v) is 4.52. The van der Waals surface area contributed by atoms with Gasteiger partial charge in [-0.15, -0.1) is 0 Å². The maximum Gasteiger partial charge on any atom is 0.324 e. The Morgan fingerprint density at radius 2 is 1.86 bits per heavy atom. The smallest absolute Gasteiger partial charge is 0.324 e. The molecule has 0 atom stereocenters. The van der Waals surface area contributed by atoms with Crippen molar-refractivity contribution >= 4 is 11.9 Å². The molecule has 1 amide bonds. The number of esters is 1. The molecule has 0 aromatic carbocycles. The van der Waals surface area contributed by atoms with E-state index in [1.54, 1.807) is 20.8 Å². The van der Waals surface area contributed by atoms with Crippen LogP contribution < -0.4 is 11.1 Å². The van der Waals surface area contributed by atoms with E-state index in [-0.39, 0.29) is 13.1 Å². The second-order valence-corrected chi connectivity index (χ2v) is 4.55. The molecule has 1 aliphatic heterocycles. The highest BCUT2D eigenvalue weighted by atomic mass is 16.6. The van der Waals surface area contributed by atoms with E-state index in [4.69, 9.17) is 10.5 Å². The van der Waals surface area contributed by atoms with E-state index < -0.39 is 22.9 Å². The van der Waals surface area contributed by atoms with Gasteiger partial charge in [-0.2, -0.15) is 0 Å². The van der Waals surface area contributed by atoms with Gasteiger partial charge in [0.1, 0.15) is 5.60 Å². The molecule has 0 aliphatic carbocycles. The lowest BCUT2D eigenvalue weighted by molar-refractivity contribution is -0.173. The van der Waals surface area contributed by atoms with Gasteiger partial charge in [0.2, 0.25) is 5.91 Å². The summed E-state index contributed by atoms with van der Waals surface area (Å²) in [4.78, 5) is 22.8. The second-order valence-electron chi connectivity index (χ2n) is 4.55. The van der Waals surface area contributed by atoms with Crippen LogP contribution in [0, 0.1) is 5.41 Å². The van der Waals surface area contributed by atoms with Crippen molar-refractivity contribution in [3.05, 3.63) is 0 Å². The number of hydrogen-bond acceptors (Lipinski definition) is 4. The summed E-state index contributed by atoms with van der Waals surface area (Å²) in [5.74, 6) is -1.15. The van der Waals surface area contributed by atoms with Crippen LogP contribution in [-0.4, -0.2) is 30.6 Å². The van der Waals surface area contributed by atoms with Gasteiger partial charge < -0.3 is 15.8 Å². The molecule has 0 aromatic rings. The standard InChI is InChI=1S/C9H16N2O3/c1-8(2,3)14-7(13)9(6(10)12)4-11-5-9/h11H,4-5H2,1-3H3,(H2,10,12). The van der Waals surface area contributed by atoms with Crippen molar-refractivity contribution < 1.29 is 14.3 Å². The van der Waals surface area contributed by atoms with Gasteiger partial charge in [0, 0.05) is 13.1 Å². The molecule has 0 spiro atoms. The summed E-state index contributed by atoms with van der Waals surface area (Å²) in [6.45, 7) is 5.82. The highest BCUT2D eigenvalue weighted by molar-refractivity contribution is 6.03. The Labute approximate surface area is 83.0 Å².